The number of rotatable bonds is 2. The zero-order valence-electron chi connectivity index (χ0n) is 16.0. The molecule has 0 saturated heterocycles. The van der Waals surface area contributed by atoms with Crippen LogP contribution in [-0.4, -0.2) is 25.7 Å². The number of imidazole rings is 2. The molecule has 5 rings (SSSR count). The molecule has 0 radical (unpaired) electrons. The zero-order valence-corrected chi connectivity index (χ0v) is 16.0. The quantitative estimate of drug-likeness (QED) is 0.466. The van der Waals surface area contributed by atoms with E-state index in [0.29, 0.717) is 24.5 Å². The molecular formula is C22H17F3N4O. The predicted molar refractivity (Wildman–Crippen MR) is 106 cm³/mol. The van der Waals surface area contributed by atoms with Gasteiger partial charge in [-0.1, -0.05) is 18.2 Å². The fraction of sp³-hybridized carbons (Fsp3) is 0.182. The number of alkyl halides is 3. The molecule has 3 heterocycles. The number of hydrogen-bond donors (Lipinski definition) is 0. The lowest BCUT2D eigenvalue weighted by Crippen LogP contribution is -2.04. The number of benzene rings is 2. The van der Waals surface area contributed by atoms with Crippen LogP contribution in [0.4, 0.5) is 13.2 Å². The standard InChI is InChI=1S/C22H17F3N4O/c1-28-13-26-11-19(28)18-12-29-8-9-30-20-7-4-15(10-17(20)21(29)27-18)14-2-5-16(6-3-14)22(23,24)25/h2-7,10-13H,8-9H2,1H3. The highest BCUT2D eigenvalue weighted by atomic mass is 19.4. The topological polar surface area (TPSA) is 44.9 Å². The molecule has 0 N–H and O–H groups in total. The summed E-state index contributed by atoms with van der Waals surface area (Å²) in [5.74, 6) is 1.46. The molecule has 0 fully saturated rings. The van der Waals surface area contributed by atoms with Crippen LogP contribution in [0.5, 0.6) is 5.75 Å². The highest BCUT2D eigenvalue weighted by Gasteiger charge is 2.30. The van der Waals surface area contributed by atoms with Crippen molar-refractivity contribution in [3.05, 3.63) is 66.7 Å². The molecule has 4 aromatic rings. The minimum Gasteiger partial charge on any atom is -0.491 e. The summed E-state index contributed by atoms with van der Waals surface area (Å²) >= 11 is 0. The van der Waals surface area contributed by atoms with Crippen LogP contribution < -0.4 is 4.74 Å². The summed E-state index contributed by atoms with van der Waals surface area (Å²) in [5.41, 5.74) is 3.33. The Bertz CT molecular complexity index is 1220. The van der Waals surface area contributed by atoms with Gasteiger partial charge in [-0.15, -0.1) is 0 Å². The molecule has 30 heavy (non-hydrogen) atoms. The first-order chi connectivity index (χ1) is 14.4. The van der Waals surface area contributed by atoms with E-state index >= 15 is 0 Å². The van der Waals surface area contributed by atoms with E-state index in [4.69, 9.17) is 9.72 Å². The Morgan fingerprint density at radius 1 is 1.03 bits per heavy atom. The molecule has 2 aromatic heterocycles. The molecule has 8 heteroatoms. The first-order valence-corrected chi connectivity index (χ1v) is 9.39. The maximum absolute atomic E-state index is 12.9. The normalized spacial score (nSPS) is 13.3. The minimum atomic E-state index is -4.35. The van der Waals surface area contributed by atoms with Gasteiger partial charge in [0.05, 0.1) is 35.9 Å². The highest BCUT2D eigenvalue weighted by molar-refractivity contribution is 5.76. The fourth-order valence-electron chi connectivity index (χ4n) is 3.64. The number of aromatic nitrogens is 4. The van der Waals surface area contributed by atoms with Crippen LogP contribution in [0.2, 0.25) is 0 Å². The van der Waals surface area contributed by atoms with Crippen molar-refractivity contribution in [3.8, 4) is 39.7 Å². The number of aryl methyl sites for hydroxylation is 1. The van der Waals surface area contributed by atoms with E-state index in [0.717, 1.165) is 40.5 Å². The minimum absolute atomic E-state index is 0.501. The Hall–Kier alpha value is -3.55. The Labute approximate surface area is 170 Å². The largest absolute Gasteiger partial charge is 0.491 e. The first kappa shape index (κ1) is 18.5. The van der Waals surface area contributed by atoms with Gasteiger partial charge in [0.15, 0.2) is 0 Å². The number of nitrogens with zero attached hydrogens (tertiary/aromatic N) is 4. The maximum atomic E-state index is 12.9. The Kier molecular flexibility index (Phi) is 4.16. The summed E-state index contributed by atoms with van der Waals surface area (Å²) in [7, 11) is 1.91. The highest BCUT2D eigenvalue weighted by Crippen LogP contribution is 2.37. The Morgan fingerprint density at radius 3 is 2.50 bits per heavy atom. The van der Waals surface area contributed by atoms with Crippen LogP contribution in [0.15, 0.2) is 61.2 Å². The van der Waals surface area contributed by atoms with E-state index in [1.165, 1.54) is 12.1 Å². The molecule has 0 aliphatic carbocycles. The van der Waals surface area contributed by atoms with Crippen LogP contribution in [0.25, 0.3) is 33.9 Å². The van der Waals surface area contributed by atoms with Crippen LogP contribution >= 0.6 is 0 Å². The Balaban J connectivity index is 1.58. The second-order valence-corrected chi connectivity index (χ2v) is 7.17. The van der Waals surface area contributed by atoms with Crippen LogP contribution in [-0.2, 0) is 19.8 Å². The van der Waals surface area contributed by atoms with E-state index in [2.05, 4.69) is 4.98 Å². The predicted octanol–water partition coefficient (Wildman–Crippen LogP) is 5.03. The van der Waals surface area contributed by atoms with Gasteiger partial charge in [0, 0.05) is 13.2 Å². The van der Waals surface area contributed by atoms with Gasteiger partial charge < -0.3 is 13.9 Å². The second kappa shape index (κ2) is 6.76. The summed E-state index contributed by atoms with van der Waals surface area (Å²) in [6, 6.07) is 10.8. The average molecular weight is 410 g/mol. The number of ether oxygens (including phenoxy) is 1. The van der Waals surface area contributed by atoms with Gasteiger partial charge >= 0.3 is 6.18 Å². The van der Waals surface area contributed by atoms with E-state index in [-0.39, 0.29) is 0 Å². The summed E-state index contributed by atoms with van der Waals surface area (Å²) in [4.78, 5) is 8.96. The monoisotopic (exact) mass is 410 g/mol. The zero-order chi connectivity index (χ0) is 20.9. The molecule has 5 nitrogen and oxygen atoms in total. The van der Waals surface area contributed by atoms with Crippen molar-refractivity contribution in [1.82, 2.24) is 19.1 Å². The average Bonchev–Trinajstić information content (AvgIpc) is 3.30. The van der Waals surface area contributed by atoms with Gasteiger partial charge in [-0.2, -0.15) is 13.2 Å². The van der Waals surface area contributed by atoms with E-state index in [9.17, 15) is 13.2 Å². The van der Waals surface area contributed by atoms with Gasteiger partial charge in [0.25, 0.3) is 0 Å². The lowest BCUT2D eigenvalue weighted by atomic mass is 10.0. The molecule has 0 atom stereocenters. The third-order valence-corrected chi connectivity index (χ3v) is 5.21. The van der Waals surface area contributed by atoms with Crippen molar-refractivity contribution in [2.24, 2.45) is 7.05 Å². The molecule has 0 spiro atoms. The van der Waals surface area contributed by atoms with Crippen molar-refractivity contribution in [1.29, 1.82) is 0 Å². The lowest BCUT2D eigenvalue weighted by Gasteiger charge is -2.11. The summed E-state index contributed by atoms with van der Waals surface area (Å²) in [6.45, 7) is 1.14. The van der Waals surface area contributed by atoms with Crippen LogP contribution in [0, 0.1) is 0 Å². The molecular weight excluding hydrogens is 393 g/mol. The molecule has 1 aliphatic heterocycles. The van der Waals surface area contributed by atoms with Crippen molar-refractivity contribution in [2.45, 2.75) is 12.7 Å². The smallest absolute Gasteiger partial charge is 0.416 e. The summed E-state index contributed by atoms with van der Waals surface area (Å²) in [6.07, 6.45) is 1.10. The second-order valence-electron chi connectivity index (χ2n) is 7.17. The lowest BCUT2D eigenvalue weighted by molar-refractivity contribution is -0.137. The fourth-order valence-corrected chi connectivity index (χ4v) is 3.64. The van der Waals surface area contributed by atoms with Crippen molar-refractivity contribution in [2.75, 3.05) is 6.61 Å². The van der Waals surface area contributed by atoms with Crippen LogP contribution in [0.1, 0.15) is 5.56 Å². The van der Waals surface area contributed by atoms with E-state index in [1.54, 1.807) is 12.5 Å². The van der Waals surface area contributed by atoms with Crippen LogP contribution in [0.3, 0.4) is 0 Å². The Morgan fingerprint density at radius 2 is 1.80 bits per heavy atom. The van der Waals surface area contributed by atoms with Gasteiger partial charge in [-0.3, -0.25) is 0 Å². The number of hydrogen-bond acceptors (Lipinski definition) is 3. The van der Waals surface area contributed by atoms with Crippen molar-refractivity contribution < 1.29 is 17.9 Å². The van der Waals surface area contributed by atoms with Gasteiger partial charge in [0.1, 0.15) is 23.9 Å². The molecule has 1 aliphatic rings. The van der Waals surface area contributed by atoms with Crippen molar-refractivity contribution in [3.63, 3.8) is 0 Å². The third-order valence-electron chi connectivity index (χ3n) is 5.21. The van der Waals surface area contributed by atoms with E-state index in [1.807, 2.05) is 40.6 Å². The number of fused-ring (bicyclic) bond motifs is 3. The molecule has 0 saturated carbocycles. The first-order valence-electron chi connectivity index (χ1n) is 9.39. The number of halogens is 3. The van der Waals surface area contributed by atoms with Crippen molar-refractivity contribution >= 4 is 0 Å². The molecule has 2 aromatic carbocycles. The third kappa shape index (κ3) is 3.14. The van der Waals surface area contributed by atoms with Gasteiger partial charge in [0.2, 0.25) is 0 Å². The van der Waals surface area contributed by atoms with E-state index < -0.39 is 11.7 Å². The SMILES string of the molecule is Cn1cncc1-c1cn2c(n1)-c1cc(-c3ccc(C(F)(F)F)cc3)ccc1OCC2. The molecule has 0 bridgehead atoms. The maximum Gasteiger partial charge on any atom is 0.416 e. The molecule has 0 amide bonds. The summed E-state index contributed by atoms with van der Waals surface area (Å²) in [5, 5.41) is 0. The van der Waals surface area contributed by atoms with Gasteiger partial charge in [-0.05, 0) is 35.4 Å². The van der Waals surface area contributed by atoms with Gasteiger partial charge in [-0.25, -0.2) is 9.97 Å². The molecule has 0 unspecified atom stereocenters. The summed E-state index contributed by atoms with van der Waals surface area (Å²) < 4.78 is 48.4. The molecule has 152 valence electrons.